The first-order valence-corrected chi connectivity index (χ1v) is 5.57. The molecule has 0 aliphatic heterocycles. The molecule has 0 saturated carbocycles. The SMILES string of the molecule is CN(CC(=O)c1cccc(F)c1)CC(=O)N(C)C. The van der Waals surface area contributed by atoms with Gasteiger partial charge in [-0.15, -0.1) is 0 Å². The van der Waals surface area contributed by atoms with E-state index >= 15 is 0 Å². The van der Waals surface area contributed by atoms with Crippen LogP contribution >= 0.6 is 0 Å². The maximum Gasteiger partial charge on any atom is 0.236 e. The molecule has 1 rings (SSSR count). The zero-order valence-electron chi connectivity index (χ0n) is 10.8. The van der Waals surface area contributed by atoms with Crippen LogP contribution in [0.1, 0.15) is 10.4 Å². The molecule has 0 aliphatic carbocycles. The molecule has 0 aromatic heterocycles. The number of rotatable bonds is 5. The molecule has 0 saturated heterocycles. The fourth-order valence-electron chi connectivity index (χ4n) is 1.43. The predicted molar refractivity (Wildman–Crippen MR) is 66.9 cm³/mol. The van der Waals surface area contributed by atoms with Gasteiger partial charge in [0.2, 0.25) is 5.91 Å². The van der Waals surface area contributed by atoms with E-state index in [1.165, 1.54) is 23.1 Å². The van der Waals surface area contributed by atoms with Crippen LogP contribution in [0.4, 0.5) is 4.39 Å². The van der Waals surface area contributed by atoms with E-state index in [4.69, 9.17) is 0 Å². The van der Waals surface area contributed by atoms with Crippen molar-refractivity contribution in [2.24, 2.45) is 0 Å². The third-order valence-corrected chi connectivity index (χ3v) is 2.46. The molecular formula is C13H17FN2O2. The lowest BCUT2D eigenvalue weighted by Crippen LogP contribution is -2.36. The lowest BCUT2D eigenvalue weighted by Gasteiger charge is -2.18. The molecular weight excluding hydrogens is 235 g/mol. The lowest BCUT2D eigenvalue weighted by atomic mass is 10.1. The molecule has 5 heteroatoms. The van der Waals surface area contributed by atoms with Gasteiger partial charge in [0.15, 0.2) is 5.78 Å². The van der Waals surface area contributed by atoms with E-state index in [9.17, 15) is 14.0 Å². The first-order chi connectivity index (χ1) is 8.40. The number of hydrogen-bond acceptors (Lipinski definition) is 3. The van der Waals surface area contributed by atoms with Gasteiger partial charge in [0.25, 0.3) is 0 Å². The largest absolute Gasteiger partial charge is 0.348 e. The van der Waals surface area contributed by atoms with Crippen molar-refractivity contribution in [3.63, 3.8) is 0 Å². The highest BCUT2D eigenvalue weighted by Gasteiger charge is 2.13. The number of halogens is 1. The third-order valence-electron chi connectivity index (χ3n) is 2.46. The number of carbonyl (C=O) groups is 2. The maximum absolute atomic E-state index is 13.0. The highest BCUT2D eigenvalue weighted by Crippen LogP contribution is 2.05. The van der Waals surface area contributed by atoms with Gasteiger partial charge in [0, 0.05) is 19.7 Å². The van der Waals surface area contributed by atoms with Crippen molar-refractivity contribution in [3.05, 3.63) is 35.6 Å². The topological polar surface area (TPSA) is 40.6 Å². The van der Waals surface area contributed by atoms with Crippen molar-refractivity contribution < 1.29 is 14.0 Å². The third kappa shape index (κ3) is 4.25. The summed E-state index contributed by atoms with van der Waals surface area (Å²) in [6.45, 7) is 0.247. The van der Waals surface area contributed by atoms with Gasteiger partial charge in [-0.2, -0.15) is 0 Å². The minimum absolute atomic E-state index is 0.0791. The number of amides is 1. The normalized spacial score (nSPS) is 10.5. The smallest absolute Gasteiger partial charge is 0.236 e. The monoisotopic (exact) mass is 252 g/mol. The van der Waals surface area contributed by atoms with Gasteiger partial charge in [-0.25, -0.2) is 4.39 Å². The molecule has 0 bridgehead atoms. The lowest BCUT2D eigenvalue weighted by molar-refractivity contribution is -0.129. The molecule has 1 aromatic carbocycles. The number of hydrogen-bond donors (Lipinski definition) is 0. The molecule has 0 atom stereocenters. The second-order valence-electron chi connectivity index (χ2n) is 4.39. The highest BCUT2D eigenvalue weighted by molar-refractivity contribution is 5.97. The summed E-state index contributed by atoms with van der Waals surface area (Å²) in [5.41, 5.74) is 0.319. The summed E-state index contributed by atoms with van der Waals surface area (Å²) in [7, 11) is 4.99. The van der Waals surface area contributed by atoms with Crippen LogP contribution in [-0.4, -0.2) is 55.7 Å². The molecule has 0 heterocycles. The molecule has 18 heavy (non-hydrogen) atoms. The first-order valence-electron chi connectivity index (χ1n) is 5.57. The van der Waals surface area contributed by atoms with Crippen molar-refractivity contribution in [1.82, 2.24) is 9.80 Å². The van der Waals surface area contributed by atoms with E-state index in [-0.39, 0.29) is 24.8 Å². The summed E-state index contributed by atoms with van der Waals surface area (Å²) in [6, 6.07) is 5.54. The van der Waals surface area contributed by atoms with Gasteiger partial charge in [-0.05, 0) is 19.2 Å². The van der Waals surface area contributed by atoms with E-state index in [2.05, 4.69) is 0 Å². The standard InChI is InChI=1S/C13H17FN2O2/c1-15(2)13(18)9-16(3)8-12(17)10-5-4-6-11(14)7-10/h4-7H,8-9H2,1-3H3. The Hall–Kier alpha value is -1.75. The molecule has 0 radical (unpaired) electrons. The van der Waals surface area contributed by atoms with E-state index in [0.717, 1.165) is 0 Å². The maximum atomic E-state index is 13.0. The van der Waals surface area contributed by atoms with Crippen LogP contribution < -0.4 is 0 Å². The fourth-order valence-corrected chi connectivity index (χ4v) is 1.43. The Labute approximate surface area is 106 Å². The van der Waals surface area contributed by atoms with Crippen molar-refractivity contribution in [3.8, 4) is 0 Å². The molecule has 0 unspecified atom stereocenters. The molecule has 0 spiro atoms. The summed E-state index contributed by atoms with van der Waals surface area (Å²) in [6.07, 6.45) is 0. The number of nitrogens with zero attached hydrogens (tertiary/aromatic N) is 2. The van der Waals surface area contributed by atoms with Crippen LogP contribution in [0.15, 0.2) is 24.3 Å². The molecule has 4 nitrogen and oxygen atoms in total. The van der Waals surface area contributed by atoms with E-state index in [0.29, 0.717) is 5.56 Å². The van der Waals surface area contributed by atoms with Crippen molar-refractivity contribution >= 4 is 11.7 Å². The van der Waals surface area contributed by atoms with Gasteiger partial charge >= 0.3 is 0 Å². The minimum atomic E-state index is -0.437. The zero-order chi connectivity index (χ0) is 13.7. The average Bonchev–Trinajstić information content (AvgIpc) is 2.28. The van der Waals surface area contributed by atoms with Crippen LogP contribution in [0.3, 0.4) is 0 Å². The molecule has 98 valence electrons. The molecule has 1 amide bonds. The number of Topliss-reactive ketones (excluding diaryl/α,β-unsaturated/α-hetero) is 1. The Morgan fingerprint density at radius 1 is 1.17 bits per heavy atom. The Kier molecular flexibility index (Phi) is 4.97. The van der Waals surface area contributed by atoms with Gasteiger partial charge in [0.1, 0.15) is 5.82 Å². The summed E-state index contributed by atoms with van der Waals surface area (Å²) < 4.78 is 13.0. The Balaban J connectivity index is 2.57. The molecule has 0 fully saturated rings. The second kappa shape index (κ2) is 6.26. The zero-order valence-corrected chi connectivity index (χ0v) is 10.8. The summed E-state index contributed by atoms with van der Waals surface area (Å²) in [5.74, 6) is -0.721. The van der Waals surface area contributed by atoms with E-state index in [1.54, 1.807) is 32.1 Å². The van der Waals surface area contributed by atoms with E-state index < -0.39 is 5.82 Å². The molecule has 0 N–H and O–H groups in total. The predicted octanol–water partition coefficient (Wildman–Crippen LogP) is 1.03. The Morgan fingerprint density at radius 2 is 1.83 bits per heavy atom. The number of likely N-dealkylation sites (N-methyl/N-ethyl adjacent to an activating group) is 2. The Morgan fingerprint density at radius 3 is 2.39 bits per heavy atom. The summed E-state index contributed by atoms with van der Waals surface area (Å²) in [4.78, 5) is 26.3. The van der Waals surface area contributed by atoms with Gasteiger partial charge < -0.3 is 4.90 Å². The first kappa shape index (κ1) is 14.3. The van der Waals surface area contributed by atoms with Gasteiger partial charge in [-0.1, -0.05) is 12.1 Å². The highest BCUT2D eigenvalue weighted by atomic mass is 19.1. The Bertz CT molecular complexity index is 446. The van der Waals surface area contributed by atoms with Crippen molar-refractivity contribution in [2.45, 2.75) is 0 Å². The van der Waals surface area contributed by atoms with Crippen LogP contribution in [0.5, 0.6) is 0 Å². The summed E-state index contributed by atoms with van der Waals surface area (Å²) in [5, 5.41) is 0. The molecule has 1 aromatic rings. The van der Waals surface area contributed by atoms with Crippen LogP contribution in [0.25, 0.3) is 0 Å². The van der Waals surface area contributed by atoms with Crippen molar-refractivity contribution in [1.29, 1.82) is 0 Å². The van der Waals surface area contributed by atoms with Gasteiger partial charge in [-0.3, -0.25) is 14.5 Å². The summed E-state index contributed by atoms with van der Waals surface area (Å²) >= 11 is 0. The fraction of sp³-hybridized carbons (Fsp3) is 0.385. The number of carbonyl (C=O) groups excluding carboxylic acids is 2. The second-order valence-corrected chi connectivity index (χ2v) is 4.39. The van der Waals surface area contributed by atoms with Crippen LogP contribution in [0, 0.1) is 5.82 Å². The van der Waals surface area contributed by atoms with Crippen molar-refractivity contribution in [2.75, 3.05) is 34.2 Å². The van der Waals surface area contributed by atoms with Crippen LogP contribution in [0.2, 0.25) is 0 Å². The van der Waals surface area contributed by atoms with Crippen LogP contribution in [-0.2, 0) is 4.79 Å². The molecule has 0 aliphatic rings. The van der Waals surface area contributed by atoms with E-state index in [1.807, 2.05) is 0 Å². The number of ketones is 1. The average molecular weight is 252 g/mol. The number of benzene rings is 1. The van der Waals surface area contributed by atoms with Gasteiger partial charge in [0.05, 0.1) is 13.1 Å². The quantitative estimate of drug-likeness (QED) is 0.735. The minimum Gasteiger partial charge on any atom is -0.348 e.